The lowest BCUT2D eigenvalue weighted by Gasteiger charge is -2.05. The molecule has 0 unspecified atom stereocenters. The highest BCUT2D eigenvalue weighted by atomic mass is 16.5. The molecule has 22 heavy (non-hydrogen) atoms. The summed E-state index contributed by atoms with van der Waals surface area (Å²) in [5, 5.41) is -0.0692. The Morgan fingerprint density at radius 1 is 1.05 bits per heavy atom. The molecule has 0 bridgehead atoms. The maximum absolute atomic E-state index is 12.1. The second-order valence-corrected chi connectivity index (χ2v) is 4.82. The van der Waals surface area contributed by atoms with Gasteiger partial charge in [0, 0.05) is 17.7 Å². The summed E-state index contributed by atoms with van der Waals surface area (Å²) in [6, 6.07) is 10.0. The van der Waals surface area contributed by atoms with Crippen LogP contribution in [0.2, 0.25) is 0 Å². The third-order valence-corrected chi connectivity index (χ3v) is 3.22. The quantitative estimate of drug-likeness (QED) is 0.743. The molecular formula is C17H14O5. The normalized spacial score (nSPS) is 10.8. The van der Waals surface area contributed by atoms with Crippen molar-refractivity contribution in [3.05, 3.63) is 62.8 Å². The molecule has 0 radical (unpaired) electrons. The van der Waals surface area contributed by atoms with Crippen LogP contribution in [-0.2, 0) is 0 Å². The molecule has 3 aromatic rings. The van der Waals surface area contributed by atoms with E-state index in [9.17, 15) is 9.59 Å². The van der Waals surface area contributed by atoms with Gasteiger partial charge in [0.2, 0.25) is 5.43 Å². The molecule has 0 spiro atoms. The topological polar surface area (TPSA) is 69.7 Å². The first-order valence-electron chi connectivity index (χ1n) is 6.90. The molecule has 0 atom stereocenters. The molecule has 0 fully saturated rings. The number of aryl methyl sites for hydroxylation is 1. The van der Waals surface area contributed by atoms with E-state index in [4.69, 9.17) is 13.6 Å². The lowest BCUT2D eigenvalue weighted by Crippen LogP contribution is -2.12. The van der Waals surface area contributed by atoms with Crippen molar-refractivity contribution in [3.63, 3.8) is 0 Å². The van der Waals surface area contributed by atoms with E-state index in [-0.39, 0.29) is 11.0 Å². The van der Waals surface area contributed by atoms with Gasteiger partial charge in [-0.2, -0.15) is 0 Å². The van der Waals surface area contributed by atoms with E-state index in [1.54, 1.807) is 31.2 Å². The van der Waals surface area contributed by atoms with E-state index >= 15 is 0 Å². The first-order chi connectivity index (χ1) is 10.6. The van der Waals surface area contributed by atoms with Crippen LogP contribution >= 0.6 is 0 Å². The SMILES string of the molecule is CCOc1ccc(-c2cc(=O)c3c(=O)oc(C)cc3o2)cc1. The number of hydrogen-bond acceptors (Lipinski definition) is 5. The highest BCUT2D eigenvalue weighted by Gasteiger charge is 2.12. The van der Waals surface area contributed by atoms with E-state index in [0.29, 0.717) is 18.1 Å². The second kappa shape index (κ2) is 5.52. The molecule has 0 aliphatic carbocycles. The van der Waals surface area contributed by atoms with Gasteiger partial charge >= 0.3 is 5.63 Å². The third-order valence-electron chi connectivity index (χ3n) is 3.22. The van der Waals surface area contributed by atoms with Crippen LogP contribution in [0.3, 0.4) is 0 Å². The van der Waals surface area contributed by atoms with Crippen LogP contribution in [0.25, 0.3) is 22.3 Å². The van der Waals surface area contributed by atoms with Gasteiger partial charge in [-0.15, -0.1) is 0 Å². The van der Waals surface area contributed by atoms with Gasteiger partial charge < -0.3 is 13.6 Å². The number of rotatable bonds is 3. The second-order valence-electron chi connectivity index (χ2n) is 4.82. The van der Waals surface area contributed by atoms with Gasteiger partial charge in [0.1, 0.15) is 22.9 Å². The summed E-state index contributed by atoms with van der Waals surface area (Å²) in [5.74, 6) is 1.53. The first-order valence-corrected chi connectivity index (χ1v) is 6.90. The third kappa shape index (κ3) is 2.53. The molecular weight excluding hydrogens is 284 g/mol. The van der Waals surface area contributed by atoms with Crippen molar-refractivity contribution >= 4 is 11.0 Å². The van der Waals surface area contributed by atoms with Gasteiger partial charge in [0.25, 0.3) is 0 Å². The molecule has 1 aromatic carbocycles. The Balaban J connectivity index is 2.15. The van der Waals surface area contributed by atoms with Crippen LogP contribution in [0.5, 0.6) is 5.75 Å². The summed E-state index contributed by atoms with van der Waals surface area (Å²) in [4.78, 5) is 23.9. The average molecular weight is 298 g/mol. The van der Waals surface area contributed by atoms with Crippen LogP contribution in [0.15, 0.2) is 54.8 Å². The van der Waals surface area contributed by atoms with Crippen LogP contribution < -0.4 is 15.8 Å². The maximum Gasteiger partial charge on any atom is 0.351 e. The summed E-state index contributed by atoms with van der Waals surface area (Å²) >= 11 is 0. The van der Waals surface area contributed by atoms with Crippen LogP contribution in [-0.4, -0.2) is 6.61 Å². The Kier molecular flexibility index (Phi) is 3.55. The highest BCUT2D eigenvalue weighted by Crippen LogP contribution is 2.24. The zero-order valence-electron chi connectivity index (χ0n) is 12.2. The van der Waals surface area contributed by atoms with Crippen molar-refractivity contribution in [2.45, 2.75) is 13.8 Å². The molecule has 3 rings (SSSR count). The Morgan fingerprint density at radius 2 is 1.77 bits per heavy atom. The van der Waals surface area contributed by atoms with E-state index in [1.807, 2.05) is 6.92 Å². The zero-order valence-corrected chi connectivity index (χ0v) is 12.2. The number of hydrogen-bond donors (Lipinski definition) is 0. The molecule has 0 amide bonds. The molecule has 2 aromatic heterocycles. The smallest absolute Gasteiger partial charge is 0.351 e. The van der Waals surface area contributed by atoms with E-state index in [1.165, 1.54) is 12.1 Å². The van der Waals surface area contributed by atoms with Crippen LogP contribution in [0, 0.1) is 6.92 Å². The predicted molar refractivity (Wildman–Crippen MR) is 82.4 cm³/mol. The number of ether oxygens (including phenoxy) is 1. The summed E-state index contributed by atoms with van der Waals surface area (Å²) in [7, 11) is 0. The van der Waals surface area contributed by atoms with Crippen LogP contribution in [0.4, 0.5) is 0 Å². The van der Waals surface area contributed by atoms with Crippen molar-refractivity contribution in [2.75, 3.05) is 6.61 Å². The molecule has 0 saturated carbocycles. The molecule has 0 aliphatic heterocycles. The van der Waals surface area contributed by atoms with Crippen molar-refractivity contribution in [1.29, 1.82) is 0 Å². The molecule has 0 saturated heterocycles. The monoisotopic (exact) mass is 298 g/mol. The maximum atomic E-state index is 12.1. The standard InChI is InChI=1S/C17H14O5/c1-3-20-12-6-4-11(5-7-12)14-9-13(18)16-15(22-14)8-10(2)21-17(16)19/h4-9H,3H2,1-2H3. The van der Waals surface area contributed by atoms with Gasteiger partial charge in [0.15, 0.2) is 5.39 Å². The van der Waals surface area contributed by atoms with Crippen molar-refractivity contribution in [3.8, 4) is 17.1 Å². The Morgan fingerprint density at radius 3 is 2.45 bits per heavy atom. The van der Waals surface area contributed by atoms with Gasteiger partial charge in [-0.3, -0.25) is 4.79 Å². The minimum atomic E-state index is -0.679. The summed E-state index contributed by atoms with van der Waals surface area (Å²) in [5.41, 5.74) is -0.139. The Hall–Kier alpha value is -2.82. The minimum Gasteiger partial charge on any atom is -0.494 e. The first kappa shape index (κ1) is 14.1. The fourth-order valence-corrected chi connectivity index (χ4v) is 2.25. The summed E-state index contributed by atoms with van der Waals surface area (Å²) in [6.45, 7) is 4.12. The number of fused-ring (bicyclic) bond motifs is 1. The molecule has 0 N–H and O–H groups in total. The van der Waals surface area contributed by atoms with Gasteiger partial charge in [-0.05, 0) is 38.1 Å². The molecule has 112 valence electrons. The highest BCUT2D eigenvalue weighted by molar-refractivity contribution is 5.77. The van der Waals surface area contributed by atoms with Gasteiger partial charge in [0.05, 0.1) is 6.61 Å². The van der Waals surface area contributed by atoms with E-state index < -0.39 is 11.1 Å². The average Bonchev–Trinajstić information content (AvgIpc) is 2.47. The number of benzene rings is 1. The van der Waals surface area contributed by atoms with E-state index in [2.05, 4.69) is 0 Å². The molecule has 5 nitrogen and oxygen atoms in total. The largest absolute Gasteiger partial charge is 0.494 e. The van der Waals surface area contributed by atoms with Crippen molar-refractivity contribution in [2.24, 2.45) is 0 Å². The minimum absolute atomic E-state index is 0.0692. The Bertz CT molecular complexity index is 932. The van der Waals surface area contributed by atoms with Crippen molar-refractivity contribution in [1.82, 2.24) is 0 Å². The zero-order chi connectivity index (χ0) is 15.7. The van der Waals surface area contributed by atoms with Crippen molar-refractivity contribution < 1.29 is 13.6 Å². The lowest BCUT2D eigenvalue weighted by molar-refractivity contribution is 0.340. The predicted octanol–water partition coefficient (Wildman–Crippen LogP) is 3.12. The fourth-order valence-electron chi connectivity index (χ4n) is 2.25. The lowest BCUT2D eigenvalue weighted by atomic mass is 10.1. The molecule has 2 heterocycles. The molecule has 0 aliphatic rings. The fraction of sp³-hybridized carbons (Fsp3) is 0.176. The summed E-state index contributed by atoms with van der Waals surface area (Å²) < 4.78 is 16.0. The van der Waals surface area contributed by atoms with E-state index in [0.717, 1.165) is 11.3 Å². The molecule has 5 heteroatoms. The summed E-state index contributed by atoms with van der Waals surface area (Å²) in [6.07, 6.45) is 0. The Labute approximate surface area is 125 Å². The van der Waals surface area contributed by atoms with Crippen LogP contribution in [0.1, 0.15) is 12.7 Å². The van der Waals surface area contributed by atoms with Gasteiger partial charge in [-0.25, -0.2) is 4.79 Å². The van der Waals surface area contributed by atoms with Gasteiger partial charge in [-0.1, -0.05) is 0 Å².